The number of halogens is 6. The Labute approximate surface area is 197 Å². The summed E-state index contributed by atoms with van der Waals surface area (Å²) in [6, 6.07) is 5.89. The van der Waals surface area contributed by atoms with Gasteiger partial charge in [0.25, 0.3) is 6.43 Å². The zero-order valence-corrected chi connectivity index (χ0v) is 19.3. The molecule has 35 heavy (non-hydrogen) atoms. The number of amides is 1. The van der Waals surface area contributed by atoms with Gasteiger partial charge in [-0.3, -0.25) is 4.79 Å². The van der Waals surface area contributed by atoms with Crippen LogP contribution in [0.3, 0.4) is 0 Å². The second-order valence-electron chi connectivity index (χ2n) is 9.10. The molecule has 1 amide bonds. The molecule has 1 atom stereocenters. The minimum atomic E-state index is -4.61. The molecule has 0 fully saturated rings. The van der Waals surface area contributed by atoms with Crippen molar-refractivity contribution >= 4 is 28.2 Å². The number of carbonyl (C=O) groups excluding carboxylic acids is 1. The highest BCUT2D eigenvalue weighted by Gasteiger charge is 2.48. The zero-order valence-electron chi connectivity index (χ0n) is 19.3. The second kappa shape index (κ2) is 8.39. The second-order valence-corrected chi connectivity index (χ2v) is 9.10. The molecule has 0 aliphatic carbocycles. The summed E-state index contributed by atoms with van der Waals surface area (Å²) in [6.45, 7) is 4.87. The van der Waals surface area contributed by atoms with Crippen LogP contribution in [-0.4, -0.2) is 28.8 Å². The number of alkyl halides is 5. The smallest absolute Gasteiger partial charge is 0.361 e. The van der Waals surface area contributed by atoms with Gasteiger partial charge in [-0.05, 0) is 45.4 Å². The molecule has 1 aliphatic heterocycles. The number of nitrogens with one attached hydrogen (secondary N) is 1. The van der Waals surface area contributed by atoms with Gasteiger partial charge >= 0.3 is 6.18 Å². The monoisotopic (exact) mass is 496 g/mol. The van der Waals surface area contributed by atoms with E-state index in [1.54, 1.807) is 26.8 Å². The number of benzene rings is 2. The van der Waals surface area contributed by atoms with Crippen molar-refractivity contribution in [2.45, 2.75) is 51.8 Å². The van der Waals surface area contributed by atoms with Crippen molar-refractivity contribution in [3.63, 3.8) is 0 Å². The molecule has 0 saturated carbocycles. The van der Waals surface area contributed by atoms with Crippen molar-refractivity contribution < 1.29 is 31.1 Å². The number of anilines is 2. The van der Waals surface area contributed by atoms with Crippen LogP contribution in [0.1, 0.15) is 55.6 Å². The molecule has 2 heterocycles. The Morgan fingerprint density at radius 2 is 1.74 bits per heavy atom. The number of hydrogen-bond acceptors (Lipinski definition) is 4. The first-order chi connectivity index (χ1) is 16.2. The molecule has 3 aromatic rings. The molecule has 2 aromatic carbocycles. The van der Waals surface area contributed by atoms with Crippen molar-refractivity contribution in [2.24, 2.45) is 0 Å². The molecule has 1 aromatic heterocycles. The van der Waals surface area contributed by atoms with Crippen molar-refractivity contribution in [2.75, 3.05) is 16.8 Å². The average molecular weight is 496 g/mol. The molecule has 0 bridgehead atoms. The van der Waals surface area contributed by atoms with Crippen molar-refractivity contribution in [3.8, 4) is 0 Å². The molecule has 186 valence electrons. The van der Waals surface area contributed by atoms with Gasteiger partial charge in [0.2, 0.25) is 5.91 Å². The maximum atomic E-state index is 14.7. The normalized spacial score (nSPS) is 16.2. The highest BCUT2D eigenvalue weighted by molar-refractivity contribution is 6.11. The van der Waals surface area contributed by atoms with E-state index >= 15 is 0 Å². The molecule has 0 unspecified atom stereocenters. The minimum absolute atomic E-state index is 0.0329. The lowest BCUT2D eigenvalue weighted by Gasteiger charge is -2.22. The summed E-state index contributed by atoms with van der Waals surface area (Å²) in [5, 5.41) is 12.0. The maximum absolute atomic E-state index is 14.7. The molecular weight excluding hydrogens is 474 g/mol. The highest BCUT2D eigenvalue weighted by atomic mass is 19.4. The van der Waals surface area contributed by atoms with Crippen molar-refractivity contribution in [1.29, 1.82) is 0 Å². The van der Waals surface area contributed by atoms with E-state index in [0.29, 0.717) is 26.9 Å². The standard InChI is InChI=1S/C24H22F6N4O/c1-11(13-6-5-7-14(19(13)25)20(26)27)31-21-16-9-18-17(8-15(16)12(2)32-33-21)23(3,4)22(35)34(18)10-24(28,29)30/h5-9,11,20H,10H2,1-4H3,(H,31,33)/t11-/m1/s1. The van der Waals surface area contributed by atoms with Crippen LogP contribution in [0.5, 0.6) is 0 Å². The number of nitrogens with zero attached hydrogens (tertiary/aromatic N) is 3. The first-order valence-electron chi connectivity index (χ1n) is 10.8. The van der Waals surface area contributed by atoms with Gasteiger partial charge in [0.05, 0.1) is 22.7 Å². The minimum Gasteiger partial charge on any atom is -0.361 e. The SMILES string of the molecule is Cc1nnc(N[C@H](C)c2cccc(C(F)F)c2F)c2cc3c(cc12)C(C)(C)C(=O)N3CC(F)(F)F. The number of hydrogen-bond donors (Lipinski definition) is 1. The van der Waals surface area contributed by atoms with Gasteiger partial charge < -0.3 is 10.2 Å². The number of fused-ring (bicyclic) bond motifs is 2. The van der Waals surface area contributed by atoms with Crippen LogP contribution < -0.4 is 10.2 Å². The summed E-state index contributed by atoms with van der Waals surface area (Å²) in [5.74, 6) is -1.63. The molecule has 0 saturated heterocycles. The molecular formula is C24H22F6N4O. The van der Waals surface area contributed by atoms with E-state index in [9.17, 15) is 31.1 Å². The van der Waals surface area contributed by atoms with Crippen LogP contribution in [0.2, 0.25) is 0 Å². The summed E-state index contributed by atoms with van der Waals surface area (Å²) in [6.07, 6.45) is -7.61. The van der Waals surface area contributed by atoms with E-state index < -0.39 is 47.9 Å². The number of carbonyl (C=O) groups is 1. The van der Waals surface area contributed by atoms with Gasteiger partial charge in [-0.25, -0.2) is 13.2 Å². The summed E-state index contributed by atoms with van der Waals surface area (Å²) >= 11 is 0. The van der Waals surface area contributed by atoms with E-state index in [1.807, 2.05) is 0 Å². The first-order valence-corrected chi connectivity index (χ1v) is 10.8. The summed E-state index contributed by atoms with van der Waals surface area (Å²) in [5.41, 5.74) is -0.968. The third kappa shape index (κ3) is 4.28. The van der Waals surface area contributed by atoms with Crippen LogP contribution in [0.4, 0.5) is 37.8 Å². The molecule has 0 spiro atoms. The Balaban J connectivity index is 1.83. The van der Waals surface area contributed by atoms with Crippen LogP contribution in [0.25, 0.3) is 10.8 Å². The quantitative estimate of drug-likeness (QED) is 0.417. The number of rotatable bonds is 5. The molecule has 11 heteroatoms. The third-order valence-corrected chi connectivity index (χ3v) is 6.28. The van der Waals surface area contributed by atoms with E-state index in [2.05, 4.69) is 15.5 Å². The van der Waals surface area contributed by atoms with Gasteiger partial charge in [0.1, 0.15) is 12.4 Å². The topological polar surface area (TPSA) is 58.1 Å². The van der Waals surface area contributed by atoms with E-state index in [4.69, 9.17) is 0 Å². The highest BCUT2D eigenvalue weighted by Crippen LogP contribution is 2.46. The van der Waals surface area contributed by atoms with Crippen LogP contribution in [0.15, 0.2) is 30.3 Å². The molecule has 0 radical (unpaired) electrons. The summed E-state index contributed by atoms with van der Waals surface area (Å²) in [7, 11) is 0. The fraction of sp³-hybridized carbons (Fsp3) is 0.375. The first kappa shape index (κ1) is 24.7. The van der Waals surface area contributed by atoms with Crippen LogP contribution in [0, 0.1) is 12.7 Å². The van der Waals surface area contributed by atoms with Gasteiger partial charge in [0.15, 0.2) is 5.82 Å². The van der Waals surface area contributed by atoms with Gasteiger partial charge in [-0.2, -0.15) is 18.3 Å². The van der Waals surface area contributed by atoms with Crippen molar-refractivity contribution in [3.05, 3.63) is 58.5 Å². The van der Waals surface area contributed by atoms with E-state index in [1.165, 1.54) is 25.1 Å². The average Bonchev–Trinajstić information content (AvgIpc) is 2.94. The van der Waals surface area contributed by atoms with Crippen LogP contribution >= 0.6 is 0 Å². The zero-order chi connectivity index (χ0) is 25.9. The number of aryl methyl sites for hydroxylation is 1. The van der Waals surface area contributed by atoms with Crippen LogP contribution in [-0.2, 0) is 10.2 Å². The lowest BCUT2D eigenvalue weighted by molar-refractivity contribution is -0.134. The Bertz CT molecular complexity index is 1320. The fourth-order valence-electron chi connectivity index (χ4n) is 4.40. The molecule has 1 aliphatic rings. The molecule has 4 rings (SSSR count). The van der Waals surface area contributed by atoms with Gasteiger partial charge in [-0.15, -0.1) is 5.10 Å². The maximum Gasteiger partial charge on any atom is 0.406 e. The van der Waals surface area contributed by atoms with Crippen molar-refractivity contribution in [1.82, 2.24) is 10.2 Å². The van der Waals surface area contributed by atoms with E-state index in [-0.39, 0.29) is 17.1 Å². The fourth-order valence-corrected chi connectivity index (χ4v) is 4.40. The third-order valence-electron chi connectivity index (χ3n) is 6.28. The Hall–Kier alpha value is -3.37. The summed E-state index contributed by atoms with van der Waals surface area (Å²) in [4.78, 5) is 13.6. The Morgan fingerprint density at radius 1 is 1.09 bits per heavy atom. The predicted molar refractivity (Wildman–Crippen MR) is 119 cm³/mol. The molecule has 5 nitrogen and oxygen atoms in total. The molecule has 1 N–H and O–H groups in total. The number of aromatic nitrogens is 2. The lowest BCUT2D eigenvalue weighted by Crippen LogP contribution is -2.41. The largest absolute Gasteiger partial charge is 0.406 e. The lowest BCUT2D eigenvalue weighted by atomic mass is 9.85. The van der Waals surface area contributed by atoms with Gasteiger partial charge in [-0.1, -0.05) is 18.2 Å². The van der Waals surface area contributed by atoms with E-state index in [0.717, 1.165) is 6.07 Å². The Morgan fingerprint density at radius 3 is 2.37 bits per heavy atom. The summed E-state index contributed by atoms with van der Waals surface area (Å²) < 4.78 is 80.7. The van der Waals surface area contributed by atoms with Gasteiger partial charge in [0, 0.05) is 22.0 Å². The predicted octanol–water partition coefficient (Wildman–Crippen LogP) is 6.37. The Kier molecular flexibility index (Phi) is 5.93.